The fourth-order valence-corrected chi connectivity index (χ4v) is 2.33. The second-order valence-electron chi connectivity index (χ2n) is 5.96. The van der Waals surface area contributed by atoms with Crippen molar-refractivity contribution in [2.45, 2.75) is 26.4 Å². The Labute approximate surface area is 153 Å². The highest BCUT2D eigenvalue weighted by atomic mass is 16.5. The van der Waals surface area contributed by atoms with Gasteiger partial charge in [-0.25, -0.2) is 4.79 Å². The molecule has 2 rings (SSSR count). The minimum absolute atomic E-state index is 0.0248. The zero-order valence-corrected chi connectivity index (χ0v) is 15.2. The molecule has 2 aromatic carbocycles. The average Bonchev–Trinajstić information content (AvgIpc) is 2.62. The normalized spacial score (nSPS) is 10.3. The van der Waals surface area contributed by atoms with Crippen LogP contribution in [0.2, 0.25) is 0 Å². The Hall–Kier alpha value is -3.02. The third-order valence-corrected chi connectivity index (χ3v) is 3.49. The molecule has 0 aromatic heterocycles. The van der Waals surface area contributed by atoms with Gasteiger partial charge in [-0.2, -0.15) is 0 Å². The molecule has 0 saturated carbocycles. The molecule has 0 atom stereocenters. The van der Waals surface area contributed by atoms with E-state index in [1.807, 2.05) is 44.2 Å². The Kier molecular flexibility index (Phi) is 7.02. The second kappa shape index (κ2) is 9.46. The molecule has 0 bridgehead atoms. The topological polar surface area (TPSA) is 76.7 Å². The summed E-state index contributed by atoms with van der Waals surface area (Å²) >= 11 is 0. The van der Waals surface area contributed by atoms with Crippen LogP contribution >= 0.6 is 0 Å². The monoisotopic (exact) mass is 356 g/mol. The molecule has 0 aliphatic rings. The molecule has 0 aliphatic heterocycles. The van der Waals surface area contributed by atoms with E-state index in [9.17, 15) is 9.59 Å². The maximum absolute atomic E-state index is 12.2. The van der Waals surface area contributed by atoms with Crippen molar-refractivity contribution in [3.05, 3.63) is 54.1 Å². The van der Waals surface area contributed by atoms with Crippen molar-refractivity contribution in [3.63, 3.8) is 0 Å². The molecular weight excluding hydrogens is 332 g/mol. The molecule has 2 N–H and O–H groups in total. The lowest BCUT2D eigenvalue weighted by Gasteiger charge is -2.15. The van der Waals surface area contributed by atoms with Gasteiger partial charge in [-0.05, 0) is 44.2 Å². The number of anilines is 2. The molecule has 0 fully saturated rings. The number of carbonyl (C=O) groups excluding carboxylic acids is 2. The maximum atomic E-state index is 12.2. The van der Waals surface area contributed by atoms with Crippen molar-refractivity contribution in [1.29, 1.82) is 0 Å². The van der Waals surface area contributed by atoms with Crippen LogP contribution in [0.15, 0.2) is 48.5 Å². The molecule has 6 heteroatoms. The van der Waals surface area contributed by atoms with Gasteiger partial charge in [0.25, 0.3) is 0 Å². The predicted molar refractivity (Wildman–Crippen MR) is 102 cm³/mol. The van der Waals surface area contributed by atoms with Gasteiger partial charge >= 0.3 is 5.97 Å². The molecule has 138 valence electrons. The van der Waals surface area contributed by atoms with Gasteiger partial charge in [0.2, 0.25) is 5.91 Å². The number of rotatable bonds is 8. The molecule has 26 heavy (non-hydrogen) atoms. The maximum Gasteiger partial charge on any atom is 0.337 e. The van der Waals surface area contributed by atoms with Gasteiger partial charge in [0, 0.05) is 18.7 Å². The Morgan fingerprint density at radius 3 is 2.58 bits per heavy atom. The van der Waals surface area contributed by atoms with Crippen molar-refractivity contribution >= 4 is 23.3 Å². The number of para-hydroxylation sites is 2. The number of nitrogens with one attached hydrogen (secondary N) is 2. The van der Waals surface area contributed by atoms with Gasteiger partial charge < -0.3 is 20.1 Å². The molecule has 2 aromatic rings. The molecule has 0 heterocycles. The predicted octanol–water partition coefficient (Wildman–Crippen LogP) is 3.70. The third-order valence-electron chi connectivity index (χ3n) is 3.49. The van der Waals surface area contributed by atoms with E-state index in [-0.39, 0.29) is 18.4 Å². The van der Waals surface area contributed by atoms with E-state index in [1.165, 1.54) is 7.11 Å². The van der Waals surface area contributed by atoms with E-state index in [4.69, 9.17) is 9.47 Å². The minimum Gasteiger partial charge on any atom is -0.489 e. The Balaban J connectivity index is 1.87. The van der Waals surface area contributed by atoms with E-state index < -0.39 is 5.97 Å². The quantitative estimate of drug-likeness (QED) is 0.705. The SMILES string of the molecule is COC(=O)c1cccc(NCCC(=O)Nc2ccccc2OC(C)C)c1. The molecule has 0 radical (unpaired) electrons. The number of carbonyl (C=O) groups is 2. The molecule has 0 saturated heterocycles. The van der Waals surface area contributed by atoms with Gasteiger partial charge in [-0.3, -0.25) is 4.79 Å². The van der Waals surface area contributed by atoms with Crippen LogP contribution in [0.25, 0.3) is 0 Å². The summed E-state index contributed by atoms with van der Waals surface area (Å²) in [7, 11) is 1.34. The van der Waals surface area contributed by atoms with Crippen molar-refractivity contribution in [3.8, 4) is 5.75 Å². The van der Waals surface area contributed by atoms with Crippen LogP contribution in [-0.4, -0.2) is 31.6 Å². The number of hydrogen-bond acceptors (Lipinski definition) is 5. The van der Waals surface area contributed by atoms with Crippen LogP contribution in [-0.2, 0) is 9.53 Å². The lowest BCUT2D eigenvalue weighted by atomic mass is 10.2. The van der Waals surface area contributed by atoms with Crippen molar-refractivity contribution in [1.82, 2.24) is 0 Å². The number of benzene rings is 2. The highest BCUT2D eigenvalue weighted by molar-refractivity contribution is 5.92. The Morgan fingerprint density at radius 1 is 1.08 bits per heavy atom. The van der Waals surface area contributed by atoms with E-state index in [2.05, 4.69) is 10.6 Å². The first-order valence-electron chi connectivity index (χ1n) is 8.47. The minimum atomic E-state index is -0.395. The molecule has 0 unspecified atom stereocenters. The van der Waals surface area contributed by atoms with E-state index in [0.717, 1.165) is 5.69 Å². The molecule has 0 aliphatic carbocycles. The third kappa shape index (κ3) is 5.81. The van der Waals surface area contributed by atoms with Crippen molar-refractivity contribution in [2.24, 2.45) is 0 Å². The van der Waals surface area contributed by atoms with E-state index in [0.29, 0.717) is 23.5 Å². The largest absolute Gasteiger partial charge is 0.489 e. The fraction of sp³-hybridized carbons (Fsp3) is 0.300. The van der Waals surface area contributed by atoms with Crippen LogP contribution < -0.4 is 15.4 Å². The summed E-state index contributed by atoms with van der Waals surface area (Å²) in [6.07, 6.45) is 0.301. The van der Waals surface area contributed by atoms with Gasteiger partial charge in [-0.15, -0.1) is 0 Å². The lowest BCUT2D eigenvalue weighted by molar-refractivity contribution is -0.116. The summed E-state index contributed by atoms with van der Waals surface area (Å²) in [6, 6.07) is 14.3. The smallest absolute Gasteiger partial charge is 0.337 e. The summed E-state index contributed by atoms with van der Waals surface area (Å²) in [6.45, 7) is 4.31. The van der Waals surface area contributed by atoms with Crippen molar-refractivity contribution in [2.75, 3.05) is 24.3 Å². The Bertz CT molecular complexity index is 759. The highest BCUT2D eigenvalue weighted by Crippen LogP contribution is 2.25. The average molecular weight is 356 g/mol. The summed E-state index contributed by atoms with van der Waals surface area (Å²) in [4.78, 5) is 23.7. The van der Waals surface area contributed by atoms with Gasteiger partial charge in [0.05, 0.1) is 24.5 Å². The first-order valence-corrected chi connectivity index (χ1v) is 8.47. The fourth-order valence-electron chi connectivity index (χ4n) is 2.33. The second-order valence-corrected chi connectivity index (χ2v) is 5.96. The number of ether oxygens (including phenoxy) is 2. The number of hydrogen-bond donors (Lipinski definition) is 2. The number of esters is 1. The summed E-state index contributed by atoms with van der Waals surface area (Å²) < 4.78 is 10.4. The molecule has 1 amide bonds. The summed E-state index contributed by atoms with van der Waals surface area (Å²) in [5, 5.41) is 5.99. The molecule has 6 nitrogen and oxygen atoms in total. The summed E-state index contributed by atoms with van der Waals surface area (Å²) in [5.41, 5.74) is 1.87. The number of methoxy groups -OCH3 is 1. The number of amides is 1. The van der Waals surface area contributed by atoms with Crippen LogP contribution in [0.5, 0.6) is 5.75 Å². The first-order chi connectivity index (χ1) is 12.5. The molecular formula is C20H24N2O4. The van der Waals surface area contributed by atoms with Gasteiger partial charge in [0.15, 0.2) is 0 Å². The van der Waals surface area contributed by atoms with E-state index >= 15 is 0 Å². The van der Waals surface area contributed by atoms with E-state index in [1.54, 1.807) is 18.2 Å². The first kappa shape index (κ1) is 19.3. The van der Waals surface area contributed by atoms with Crippen molar-refractivity contribution < 1.29 is 19.1 Å². The zero-order valence-electron chi connectivity index (χ0n) is 15.2. The highest BCUT2D eigenvalue weighted by Gasteiger charge is 2.09. The van der Waals surface area contributed by atoms with Crippen LogP contribution in [0.3, 0.4) is 0 Å². The zero-order chi connectivity index (χ0) is 18.9. The Morgan fingerprint density at radius 2 is 1.85 bits per heavy atom. The standard InChI is InChI=1S/C20H24N2O4/c1-14(2)26-18-10-5-4-9-17(18)22-19(23)11-12-21-16-8-6-7-15(13-16)20(24)25-3/h4-10,13-14,21H,11-12H2,1-3H3,(H,22,23). The summed E-state index contributed by atoms with van der Waals surface area (Å²) in [5.74, 6) is 0.129. The van der Waals surface area contributed by atoms with Crippen LogP contribution in [0.4, 0.5) is 11.4 Å². The molecule has 0 spiro atoms. The van der Waals surface area contributed by atoms with Crippen LogP contribution in [0.1, 0.15) is 30.6 Å². The van der Waals surface area contributed by atoms with Crippen LogP contribution in [0, 0.1) is 0 Å². The lowest BCUT2D eigenvalue weighted by Crippen LogP contribution is -2.17. The van der Waals surface area contributed by atoms with Gasteiger partial charge in [-0.1, -0.05) is 18.2 Å². The van der Waals surface area contributed by atoms with Gasteiger partial charge in [0.1, 0.15) is 5.75 Å².